The first-order chi connectivity index (χ1) is 25.0. The van der Waals surface area contributed by atoms with Crippen LogP contribution in [0.4, 0.5) is 34.1 Å². The maximum Gasteiger partial charge on any atom is 0.0468 e. The number of benzene rings is 7. The number of hydrogen-bond donors (Lipinski definition) is 0. The minimum absolute atomic E-state index is 0.102. The summed E-state index contributed by atoms with van der Waals surface area (Å²) in [4.78, 5) is 4.66. The van der Waals surface area contributed by atoms with Crippen LogP contribution in [0.15, 0.2) is 170 Å². The van der Waals surface area contributed by atoms with Gasteiger partial charge in [-0.15, -0.1) is 0 Å². The molecule has 2 nitrogen and oxygen atoms in total. The van der Waals surface area contributed by atoms with Crippen molar-refractivity contribution in [3.63, 3.8) is 0 Å². The molecule has 0 bridgehead atoms. The van der Waals surface area contributed by atoms with Crippen molar-refractivity contribution in [3.8, 4) is 0 Å². The smallest absolute Gasteiger partial charge is 0.0468 e. The van der Waals surface area contributed by atoms with E-state index >= 15 is 0 Å². The first kappa shape index (κ1) is 34.6. The summed E-state index contributed by atoms with van der Waals surface area (Å²) < 4.78 is 0. The topological polar surface area (TPSA) is 6.48 Å². The van der Waals surface area contributed by atoms with Crippen LogP contribution in [0.1, 0.15) is 63.8 Å². The molecule has 0 aliphatic heterocycles. The van der Waals surface area contributed by atoms with Gasteiger partial charge in [0.25, 0.3) is 0 Å². The summed E-state index contributed by atoms with van der Waals surface area (Å²) in [6, 6.07) is 61.4. The highest BCUT2D eigenvalue weighted by molar-refractivity contribution is 5.89. The molecule has 0 N–H and O–H groups in total. The molecule has 0 fully saturated rings. The maximum atomic E-state index is 2.35. The summed E-state index contributed by atoms with van der Waals surface area (Å²) in [7, 11) is 0. The van der Waals surface area contributed by atoms with Gasteiger partial charge in [0.2, 0.25) is 0 Å². The van der Waals surface area contributed by atoms with Crippen LogP contribution in [-0.4, -0.2) is 0 Å². The Morgan fingerprint density at radius 1 is 0.327 bits per heavy atom. The van der Waals surface area contributed by atoms with Crippen molar-refractivity contribution in [2.24, 2.45) is 0 Å². The van der Waals surface area contributed by atoms with Crippen molar-refractivity contribution in [2.45, 2.75) is 52.4 Å². The molecule has 0 aliphatic carbocycles. The highest BCUT2D eigenvalue weighted by Gasteiger charge is 2.19. The van der Waals surface area contributed by atoms with Gasteiger partial charge in [-0.3, -0.25) is 0 Å². The molecular weight excluding hydrogens is 629 g/mol. The molecule has 0 aromatic heterocycles. The van der Waals surface area contributed by atoms with E-state index in [0.29, 0.717) is 0 Å². The van der Waals surface area contributed by atoms with Crippen LogP contribution < -0.4 is 9.80 Å². The SMILES string of the molecule is CC(C)(C)c1ccc(N(c2ccc(C=Cc3ccc(N(c4ccccc4)c4ccc5ccccc5c4)cc3)cc2)c2ccc(C(C)(C)C)cc2)cc1. The predicted octanol–water partition coefficient (Wildman–Crippen LogP) is 14.5. The lowest BCUT2D eigenvalue weighted by atomic mass is 9.86. The van der Waals surface area contributed by atoms with Crippen molar-refractivity contribution in [1.29, 1.82) is 0 Å². The van der Waals surface area contributed by atoms with Gasteiger partial charge in [0.05, 0.1) is 0 Å². The van der Waals surface area contributed by atoms with Gasteiger partial charge in [-0.25, -0.2) is 0 Å². The van der Waals surface area contributed by atoms with Crippen LogP contribution in [0.3, 0.4) is 0 Å². The fourth-order valence-electron chi connectivity index (χ4n) is 6.67. The number of nitrogens with zero attached hydrogens (tertiary/aromatic N) is 2. The van der Waals surface area contributed by atoms with Crippen LogP contribution in [0, 0.1) is 0 Å². The summed E-state index contributed by atoms with van der Waals surface area (Å²) >= 11 is 0. The Bertz CT molecular complexity index is 2210. The molecule has 0 spiro atoms. The zero-order chi connectivity index (χ0) is 36.3. The Morgan fingerprint density at radius 3 is 1.12 bits per heavy atom. The molecule has 0 saturated carbocycles. The Morgan fingerprint density at radius 2 is 0.673 bits per heavy atom. The molecule has 2 heteroatoms. The van der Waals surface area contributed by atoms with Crippen molar-refractivity contribution in [2.75, 3.05) is 9.80 Å². The van der Waals surface area contributed by atoms with Crippen LogP contribution in [-0.2, 0) is 10.8 Å². The van der Waals surface area contributed by atoms with Crippen molar-refractivity contribution < 1.29 is 0 Å². The molecule has 7 rings (SSSR count). The first-order valence-corrected chi connectivity index (χ1v) is 18.3. The summed E-state index contributed by atoms with van der Waals surface area (Å²) in [5.74, 6) is 0. The largest absolute Gasteiger partial charge is 0.311 e. The fraction of sp³-hybridized carbons (Fsp3) is 0.160. The first-order valence-electron chi connectivity index (χ1n) is 18.3. The molecule has 52 heavy (non-hydrogen) atoms. The number of para-hydroxylation sites is 1. The molecule has 0 amide bonds. The van der Waals surface area contributed by atoms with Gasteiger partial charge < -0.3 is 9.80 Å². The van der Waals surface area contributed by atoms with E-state index in [4.69, 9.17) is 0 Å². The lowest BCUT2D eigenvalue weighted by Crippen LogP contribution is -2.14. The molecule has 0 unspecified atom stereocenters. The van der Waals surface area contributed by atoms with Gasteiger partial charge in [0, 0.05) is 34.1 Å². The zero-order valence-electron chi connectivity index (χ0n) is 31.2. The van der Waals surface area contributed by atoms with Gasteiger partial charge in [-0.05, 0) is 117 Å². The molecular formula is C50H48N2. The van der Waals surface area contributed by atoms with Crippen molar-refractivity contribution in [3.05, 3.63) is 192 Å². The zero-order valence-corrected chi connectivity index (χ0v) is 31.2. The monoisotopic (exact) mass is 676 g/mol. The van der Waals surface area contributed by atoms with E-state index in [-0.39, 0.29) is 10.8 Å². The third-order valence-corrected chi connectivity index (χ3v) is 9.76. The second kappa shape index (κ2) is 14.4. The summed E-state index contributed by atoms with van der Waals surface area (Å²) in [6.45, 7) is 13.6. The lowest BCUT2D eigenvalue weighted by molar-refractivity contribution is 0.590. The molecule has 7 aromatic carbocycles. The van der Waals surface area contributed by atoms with Crippen LogP contribution in [0.25, 0.3) is 22.9 Å². The quantitative estimate of drug-likeness (QED) is 0.148. The van der Waals surface area contributed by atoms with Crippen LogP contribution in [0.2, 0.25) is 0 Å². The third-order valence-electron chi connectivity index (χ3n) is 9.76. The number of anilines is 6. The lowest BCUT2D eigenvalue weighted by Gasteiger charge is -2.28. The molecule has 0 saturated heterocycles. The predicted molar refractivity (Wildman–Crippen MR) is 226 cm³/mol. The third kappa shape index (κ3) is 7.72. The molecule has 0 radical (unpaired) electrons. The maximum absolute atomic E-state index is 2.35. The Balaban J connectivity index is 1.14. The summed E-state index contributed by atoms with van der Waals surface area (Å²) in [5.41, 5.74) is 12.0. The van der Waals surface area contributed by atoms with E-state index in [2.05, 4.69) is 233 Å². The molecule has 0 aliphatic rings. The van der Waals surface area contributed by atoms with E-state index in [9.17, 15) is 0 Å². The number of hydrogen-bond acceptors (Lipinski definition) is 2. The Labute approximate surface area is 310 Å². The minimum Gasteiger partial charge on any atom is -0.311 e. The van der Waals surface area contributed by atoms with Gasteiger partial charge in [0.15, 0.2) is 0 Å². The average molecular weight is 677 g/mol. The molecule has 258 valence electrons. The van der Waals surface area contributed by atoms with Crippen molar-refractivity contribution in [1.82, 2.24) is 0 Å². The second-order valence-corrected chi connectivity index (χ2v) is 15.6. The van der Waals surface area contributed by atoms with Gasteiger partial charge in [0.1, 0.15) is 0 Å². The van der Waals surface area contributed by atoms with Gasteiger partial charge in [-0.1, -0.05) is 151 Å². The van der Waals surface area contributed by atoms with E-state index in [1.165, 1.54) is 21.9 Å². The van der Waals surface area contributed by atoms with E-state index < -0.39 is 0 Å². The molecule has 0 atom stereocenters. The second-order valence-electron chi connectivity index (χ2n) is 15.6. The van der Waals surface area contributed by atoms with E-state index in [1.54, 1.807) is 0 Å². The van der Waals surface area contributed by atoms with Crippen LogP contribution >= 0.6 is 0 Å². The Hall–Kier alpha value is -5.86. The van der Waals surface area contributed by atoms with Crippen molar-refractivity contribution >= 4 is 57.0 Å². The number of fused-ring (bicyclic) bond motifs is 1. The fourth-order valence-corrected chi connectivity index (χ4v) is 6.67. The van der Waals surface area contributed by atoms with E-state index in [1.807, 2.05) is 0 Å². The van der Waals surface area contributed by atoms with E-state index in [0.717, 1.165) is 45.3 Å². The highest BCUT2D eigenvalue weighted by atomic mass is 15.1. The number of rotatable bonds is 8. The summed E-state index contributed by atoms with van der Waals surface area (Å²) in [5, 5.41) is 2.47. The average Bonchev–Trinajstić information content (AvgIpc) is 3.15. The highest BCUT2D eigenvalue weighted by Crippen LogP contribution is 2.38. The minimum atomic E-state index is 0.102. The normalized spacial score (nSPS) is 12.0. The molecule has 7 aromatic rings. The van der Waals surface area contributed by atoms with Gasteiger partial charge in [-0.2, -0.15) is 0 Å². The molecule has 0 heterocycles. The summed E-state index contributed by atoms with van der Waals surface area (Å²) in [6.07, 6.45) is 4.38. The standard InChI is InChI=1S/C50H48N2/c1-49(2,3)41-23-32-46(33-24-41)51(47-34-25-42(26-35-47)50(4,5)6)44-27-18-37(19-28-44)16-17-38-20-29-45(30-21-38)52(43-14-8-7-9-15-43)48-31-22-39-12-10-11-13-40(39)36-48/h7-36H,1-6H3. The van der Waals surface area contributed by atoms with Crippen LogP contribution in [0.5, 0.6) is 0 Å². The van der Waals surface area contributed by atoms with Gasteiger partial charge >= 0.3 is 0 Å². The Kier molecular flexibility index (Phi) is 9.58.